The van der Waals surface area contributed by atoms with Crippen molar-refractivity contribution < 1.29 is 4.79 Å². The van der Waals surface area contributed by atoms with E-state index in [4.69, 9.17) is 0 Å². The van der Waals surface area contributed by atoms with Gasteiger partial charge in [-0.2, -0.15) is 0 Å². The average molecular weight is 303 g/mol. The summed E-state index contributed by atoms with van der Waals surface area (Å²) in [6, 6.07) is 6.56. The molecule has 1 amide bonds. The number of pyridine rings is 1. The van der Waals surface area contributed by atoms with E-state index in [1.54, 1.807) is 0 Å². The van der Waals surface area contributed by atoms with Crippen molar-refractivity contribution in [2.45, 2.75) is 52.0 Å². The molecule has 1 fully saturated rings. The highest BCUT2D eigenvalue weighted by Gasteiger charge is 2.27. The number of hydrogen-bond acceptors (Lipinski definition) is 3. The van der Waals surface area contributed by atoms with Gasteiger partial charge in [0.2, 0.25) is 5.91 Å². The minimum Gasteiger partial charge on any atom is -0.363 e. The lowest BCUT2D eigenvalue weighted by Gasteiger charge is -2.37. The Kier molecular flexibility index (Phi) is 5.81. The number of carbonyl (C=O) groups is 1. The highest BCUT2D eigenvalue weighted by atomic mass is 16.2. The second-order valence-corrected chi connectivity index (χ2v) is 6.76. The summed E-state index contributed by atoms with van der Waals surface area (Å²) in [7, 11) is 4.02. The van der Waals surface area contributed by atoms with E-state index in [9.17, 15) is 4.79 Å². The Hall–Kier alpha value is -1.58. The molecule has 1 aromatic heterocycles. The van der Waals surface area contributed by atoms with Gasteiger partial charge in [-0.3, -0.25) is 4.79 Å². The van der Waals surface area contributed by atoms with Crippen molar-refractivity contribution >= 4 is 11.7 Å². The van der Waals surface area contributed by atoms with Crippen LogP contribution in [0.15, 0.2) is 18.2 Å². The van der Waals surface area contributed by atoms with E-state index in [0.29, 0.717) is 11.9 Å². The molecule has 2 heterocycles. The number of hydrogen-bond donors (Lipinski definition) is 0. The fraction of sp³-hybridized carbons (Fsp3) is 0.667. The highest BCUT2D eigenvalue weighted by Crippen LogP contribution is 2.23. The molecule has 0 aliphatic carbocycles. The second-order valence-electron chi connectivity index (χ2n) is 6.76. The second kappa shape index (κ2) is 7.61. The Balaban J connectivity index is 1.99. The Labute approximate surface area is 134 Å². The molecule has 0 aromatic carbocycles. The van der Waals surface area contributed by atoms with E-state index < -0.39 is 0 Å². The van der Waals surface area contributed by atoms with Crippen molar-refractivity contribution in [1.29, 1.82) is 0 Å². The van der Waals surface area contributed by atoms with Crippen molar-refractivity contribution in [3.05, 3.63) is 23.9 Å². The normalized spacial score (nSPS) is 18.6. The maximum absolute atomic E-state index is 12.4. The topological polar surface area (TPSA) is 36.4 Å². The average Bonchev–Trinajstić information content (AvgIpc) is 2.52. The molecule has 0 radical (unpaired) electrons. The SMILES string of the molecule is CC(C)C(=O)N1CCCC[C@@H]1CCc1cccc(N(C)C)n1. The molecule has 0 N–H and O–H groups in total. The number of anilines is 1. The summed E-state index contributed by atoms with van der Waals surface area (Å²) in [6.07, 6.45) is 5.46. The summed E-state index contributed by atoms with van der Waals surface area (Å²) >= 11 is 0. The van der Waals surface area contributed by atoms with Crippen molar-refractivity contribution in [1.82, 2.24) is 9.88 Å². The van der Waals surface area contributed by atoms with Crippen molar-refractivity contribution in [3.63, 3.8) is 0 Å². The molecular formula is C18H29N3O. The Bertz CT molecular complexity index is 499. The zero-order valence-electron chi connectivity index (χ0n) is 14.4. The maximum atomic E-state index is 12.4. The van der Waals surface area contributed by atoms with E-state index in [1.165, 1.54) is 6.42 Å². The first-order valence-electron chi connectivity index (χ1n) is 8.42. The summed E-state index contributed by atoms with van der Waals surface area (Å²) in [6.45, 7) is 4.92. The number of rotatable bonds is 5. The van der Waals surface area contributed by atoms with Gasteiger partial charge in [0.25, 0.3) is 0 Å². The van der Waals surface area contributed by atoms with E-state index in [-0.39, 0.29) is 5.92 Å². The third-order valence-corrected chi connectivity index (χ3v) is 4.39. The molecule has 1 atom stereocenters. The van der Waals surface area contributed by atoms with Gasteiger partial charge in [0.15, 0.2) is 0 Å². The van der Waals surface area contributed by atoms with E-state index >= 15 is 0 Å². The van der Waals surface area contributed by atoms with Crippen LogP contribution in [0.5, 0.6) is 0 Å². The predicted octanol–water partition coefficient (Wildman–Crippen LogP) is 3.12. The van der Waals surface area contributed by atoms with Gasteiger partial charge in [-0.15, -0.1) is 0 Å². The lowest BCUT2D eigenvalue weighted by atomic mass is 9.95. The van der Waals surface area contributed by atoms with Crippen LogP contribution in [0.4, 0.5) is 5.82 Å². The van der Waals surface area contributed by atoms with Gasteiger partial charge in [-0.05, 0) is 44.2 Å². The molecule has 122 valence electrons. The van der Waals surface area contributed by atoms with Crippen LogP contribution in [0.1, 0.15) is 45.2 Å². The summed E-state index contributed by atoms with van der Waals surface area (Å²) in [5, 5.41) is 0. The third kappa shape index (κ3) is 4.21. The fourth-order valence-corrected chi connectivity index (χ4v) is 3.09. The van der Waals surface area contributed by atoms with Crippen LogP contribution in [0.2, 0.25) is 0 Å². The van der Waals surface area contributed by atoms with E-state index in [2.05, 4.69) is 22.0 Å². The van der Waals surface area contributed by atoms with Crippen LogP contribution in [0, 0.1) is 5.92 Å². The van der Waals surface area contributed by atoms with Crippen LogP contribution < -0.4 is 4.90 Å². The quantitative estimate of drug-likeness (QED) is 0.838. The monoisotopic (exact) mass is 303 g/mol. The van der Waals surface area contributed by atoms with Crippen molar-refractivity contribution in [2.75, 3.05) is 25.5 Å². The minimum atomic E-state index is 0.0933. The molecule has 4 nitrogen and oxygen atoms in total. The van der Waals surface area contributed by atoms with Gasteiger partial charge < -0.3 is 9.80 Å². The lowest BCUT2D eigenvalue weighted by Crippen LogP contribution is -2.45. The smallest absolute Gasteiger partial charge is 0.225 e. The fourth-order valence-electron chi connectivity index (χ4n) is 3.09. The number of aryl methyl sites for hydroxylation is 1. The van der Waals surface area contributed by atoms with Gasteiger partial charge in [0, 0.05) is 38.3 Å². The molecular weight excluding hydrogens is 274 g/mol. The maximum Gasteiger partial charge on any atom is 0.225 e. The Morgan fingerprint density at radius 2 is 2.14 bits per heavy atom. The molecule has 0 unspecified atom stereocenters. The van der Waals surface area contributed by atoms with Crippen molar-refractivity contribution in [2.24, 2.45) is 5.92 Å². The molecule has 2 rings (SSSR count). The van der Waals surface area contributed by atoms with Crippen LogP contribution in [0.3, 0.4) is 0 Å². The van der Waals surface area contributed by atoms with Gasteiger partial charge in [-0.1, -0.05) is 19.9 Å². The van der Waals surface area contributed by atoms with Crippen LogP contribution in [0.25, 0.3) is 0 Å². The van der Waals surface area contributed by atoms with Gasteiger partial charge in [0.05, 0.1) is 0 Å². The summed E-state index contributed by atoms with van der Waals surface area (Å²) < 4.78 is 0. The third-order valence-electron chi connectivity index (χ3n) is 4.39. The van der Waals surface area contributed by atoms with E-state index in [1.807, 2.05) is 38.9 Å². The predicted molar refractivity (Wildman–Crippen MR) is 91.1 cm³/mol. The number of nitrogens with zero attached hydrogens (tertiary/aromatic N) is 3. The number of piperidine rings is 1. The molecule has 1 aromatic rings. The summed E-state index contributed by atoms with van der Waals surface area (Å²) in [4.78, 5) is 21.2. The Morgan fingerprint density at radius 3 is 2.82 bits per heavy atom. The molecule has 0 saturated carbocycles. The van der Waals surface area contributed by atoms with Crippen LogP contribution in [-0.2, 0) is 11.2 Å². The standard InChI is InChI=1S/C18H29N3O/c1-14(2)18(22)21-13-6-5-9-16(21)12-11-15-8-7-10-17(19-15)20(3)4/h7-8,10,14,16H,5-6,9,11-13H2,1-4H3/t16-/m1/s1. The first-order chi connectivity index (χ1) is 10.5. The zero-order valence-corrected chi connectivity index (χ0v) is 14.4. The molecule has 22 heavy (non-hydrogen) atoms. The largest absolute Gasteiger partial charge is 0.363 e. The molecule has 1 aliphatic heterocycles. The number of likely N-dealkylation sites (tertiary alicyclic amines) is 1. The molecule has 0 spiro atoms. The van der Waals surface area contributed by atoms with Crippen molar-refractivity contribution in [3.8, 4) is 0 Å². The molecule has 1 saturated heterocycles. The Morgan fingerprint density at radius 1 is 1.36 bits per heavy atom. The minimum absolute atomic E-state index is 0.0933. The molecule has 1 aliphatic rings. The first-order valence-corrected chi connectivity index (χ1v) is 8.42. The molecule has 4 heteroatoms. The number of amides is 1. The van der Waals surface area contributed by atoms with Crippen LogP contribution in [-0.4, -0.2) is 42.5 Å². The summed E-state index contributed by atoms with van der Waals surface area (Å²) in [5.74, 6) is 1.40. The lowest BCUT2D eigenvalue weighted by molar-refractivity contribution is -0.138. The first kappa shape index (κ1) is 16.8. The van der Waals surface area contributed by atoms with Gasteiger partial charge in [0.1, 0.15) is 5.82 Å². The molecule has 0 bridgehead atoms. The zero-order chi connectivity index (χ0) is 16.1. The van der Waals surface area contributed by atoms with Gasteiger partial charge in [-0.25, -0.2) is 4.98 Å². The number of carbonyl (C=O) groups excluding carboxylic acids is 1. The number of aromatic nitrogens is 1. The van der Waals surface area contributed by atoms with Crippen LogP contribution >= 0.6 is 0 Å². The summed E-state index contributed by atoms with van der Waals surface area (Å²) in [5.41, 5.74) is 1.12. The van der Waals surface area contributed by atoms with Gasteiger partial charge >= 0.3 is 0 Å². The highest BCUT2D eigenvalue weighted by molar-refractivity contribution is 5.78. The van der Waals surface area contributed by atoms with E-state index in [0.717, 1.165) is 43.7 Å².